The maximum absolute atomic E-state index is 5.28. The third-order valence-electron chi connectivity index (χ3n) is 3.52. The van der Waals surface area contributed by atoms with E-state index in [0.29, 0.717) is 12.0 Å². The van der Waals surface area contributed by atoms with Crippen molar-refractivity contribution in [1.29, 1.82) is 0 Å². The highest BCUT2D eigenvalue weighted by Crippen LogP contribution is 2.18. The van der Waals surface area contributed by atoms with Gasteiger partial charge in [-0.2, -0.15) is 0 Å². The number of likely N-dealkylation sites (N-methyl/N-ethyl adjacent to an activating group) is 1. The zero-order valence-corrected chi connectivity index (χ0v) is 12.6. The van der Waals surface area contributed by atoms with Crippen LogP contribution in [0.1, 0.15) is 25.8 Å². The molecule has 0 amide bonds. The second-order valence-corrected chi connectivity index (χ2v) is 4.98. The average molecular weight is 265 g/mol. The van der Waals surface area contributed by atoms with Gasteiger partial charge in [0.05, 0.1) is 7.11 Å². The third kappa shape index (κ3) is 5.62. The molecule has 2 unspecified atom stereocenters. The molecule has 1 aromatic carbocycles. The van der Waals surface area contributed by atoms with Crippen LogP contribution >= 0.6 is 0 Å². The highest BCUT2D eigenvalue weighted by Gasteiger charge is 2.16. The molecule has 0 saturated carbocycles. The molecule has 19 heavy (non-hydrogen) atoms. The maximum atomic E-state index is 5.28. The lowest BCUT2D eigenvalue weighted by Gasteiger charge is -2.25. The molecule has 3 heteroatoms. The van der Waals surface area contributed by atoms with Crippen LogP contribution in [0.4, 0.5) is 0 Å². The summed E-state index contributed by atoms with van der Waals surface area (Å²) in [6.07, 6.45) is 2.11. The monoisotopic (exact) mass is 265 g/mol. The van der Waals surface area contributed by atoms with Gasteiger partial charge in [-0.15, -0.1) is 0 Å². The van der Waals surface area contributed by atoms with Gasteiger partial charge >= 0.3 is 0 Å². The average Bonchev–Trinajstić information content (AvgIpc) is 2.44. The van der Waals surface area contributed by atoms with Crippen molar-refractivity contribution < 1.29 is 9.47 Å². The molecule has 0 heterocycles. The molecule has 108 valence electrons. The van der Waals surface area contributed by atoms with E-state index in [0.717, 1.165) is 31.7 Å². The van der Waals surface area contributed by atoms with Gasteiger partial charge in [0.2, 0.25) is 0 Å². The third-order valence-corrected chi connectivity index (χ3v) is 3.52. The van der Waals surface area contributed by atoms with Crippen LogP contribution in [0, 0.1) is 5.92 Å². The summed E-state index contributed by atoms with van der Waals surface area (Å²) in [5.41, 5.74) is 1.31. The SMILES string of the molecule is CCNC(Cc1cccc(OC)c1)C(C)CCOC. The molecule has 0 aromatic heterocycles. The van der Waals surface area contributed by atoms with E-state index in [4.69, 9.17) is 9.47 Å². The molecule has 2 atom stereocenters. The van der Waals surface area contributed by atoms with E-state index >= 15 is 0 Å². The summed E-state index contributed by atoms with van der Waals surface area (Å²) >= 11 is 0. The molecule has 0 bridgehead atoms. The Balaban J connectivity index is 2.65. The van der Waals surface area contributed by atoms with Crippen molar-refractivity contribution in [3.8, 4) is 5.75 Å². The number of methoxy groups -OCH3 is 2. The summed E-state index contributed by atoms with van der Waals surface area (Å²) in [7, 11) is 3.47. The first-order valence-electron chi connectivity index (χ1n) is 7.06. The van der Waals surface area contributed by atoms with Crippen LogP contribution in [0.15, 0.2) is 24.3 Å². The standard InChI is InChI=1S/C16H27NO2/c1-5-17-16(13(2)9-10-18-3)12-14-7-6-8-15(11-14)19-4/h6-8,11,13,16-17H,5,9-10,12H2,1-4H3. The normalized spacial score (nSPS) is 14.1. The zero-order chi connectivity index (χ0) is 14.1. The predicted molar refractivity (Wildman–Crippen MR) is 79.8 cm³/mol. The number of benzene rings is 1. The Kier molecular flexibility index (Phi) is 7.53. The quantitative estimate of drug-likeness (QED) is 0.744. The highest BCUT2D eigenvalue weighted by atomic mass is 16.5. The van der Waals surface area contributed by atoms with Gasteiger partial charge in [0.25, 0.3) is 0 Å². The van der Waals surface area contributed by atoms with Gasteiger partial charge in [0, 0.05) is 19.8 Å². The van der Waals surface area contributed by atoms with Gasteiger partial charge in [0.1, 0.15) is 5.75 Å². The van der Waals surface area contributed by atoms with Crippen molar-refractivity contribution in [3.05, 3.63) is 29.8 Å². The summed E-state index contributed by atoms with van der Waals surface area (Å²) < 4.78 is 10.5. The molecule has 1 N–H and O–H groups in total. The fourth-order valence-electron chi connectivity index (χ4n) is 2.30. The van der Waals surface area contributed by atoms with E-state index < -0.39 is 0 Å². The first kappa shape index (κ1) is 16.0. The number of hydrogen-bond donors (Lipinski definition) is 1. The lowest BCUT2D eigenvalue weighted by molar-refractivity contribution is 0.170. The zero-order valence-electron chi connectivity index (χ0n) is 12.6. The first-order valence-corrected chi connectivity index (χ1v) is 7.06. The molecule has 0 radical (unpaired) electrons. The van der Waals surface area contributed by atoms with Gasteiger partial charge in [-0.3, -0.25) is 0 Å². The molecule has 0 spiro atoms. The predicted octanol–water partition coefficient (Wildman–Crippen LogP) is 2.89. The Labute approximate surface area is 117 Å². The Morgan fingerprint density at radius 1 is 1.26 bits per heavy atom. The van der Waals surface area contributed by atoms with Crippen LogP contribution in [-0.2, 0) is 11.2 Å². The number of rotatable bonds is 9. The van der Waals surface area contributed by atoms with E-state index in [-0.39, 0.29) is 0 Å². The molecular weight excluding hydrogens is 238 g/mol. The topological polar surface area (TPSA) is 30.5 Å². The Morgan fingerprint density at radius 2 is 2.05 bits per heavy atom. The molecule has 3 nitrogen and oxygen atoms in total. The second kappa shape index (κ2) is 8.94. The summed E-state index contributed by atoms with van der Waals surface area (Å²) in [6, 6.07) is 8.80. The van der Waals surface area contributed by atoms with E-state index in [9.17, 15) is 0 Å². The number of nitrogens with one attached hydrogen (secondary N) is 1. The fourth-order valence-corrected chi connectivity index (χ4v) is 2.30. The van der Waals surface area contributed by atoms with Crippen molar-refractivity contribution in [2.24, 2.45) is 5.92 Å². The fraction of sp³-hybridized carbons (Fsp3) is 0.625. The minimum absolute atomic E-state index is 0.479. The van der Waals surface area contributed by atoms with E-state index in [2.05, 4.69) is 37.4 Å². The van der Waals surface area contributed by atoms with Crippen LogP contribution in [-0.4, -0.2) is 33.4 Å². The van der Waals surface area contributed by atoms with Gasteiger partial charge < -0.3 is 14.8 Å². The molecule has 0 aliphatic rings. The highest BCUT2D eigenvalue weighted by molar-refractivity contribution is 5.29. The molecular formula is C16H27NO2. The Hall–Kier alpha value is -1.06. The summed E-state index contributed by atoms with van der Waals surface area (Å²) in [6.45, 7) is 6.25. The van der Waals surface area contributed by atoms with Crippen molar-refractivity contribution in [2.45, 2.75) is 32.7 Å². The lowest BCUT2D eigenvalue weighted by atomic mass is 9.92. The second-order valence-electron chi connectivity index (χ2n) is 4.98. The van der Waals surface area contributed by atoms with Crippen molar-refractivity contribution in [2.75, 3.05) is 27.4 Å². The van der Waals surface area contributed by atoms with Crippen molar-refractivity contribution >= 4 is 0 Å². The van der Waals surface area contributed by atoms with E-state index in [1.54, 1.807) is 14.2 Å². The molecule has 1 rings (SSSR count). The molecule has 1 aromatic rings. The van der Waals surface area contributed by atoms with E-state index in [1.807, 2.05) is 6.07 Å². The lowest BCUT2D eigenvalue weighted by Crippen LogP contribution is -2.37. The van der Waals surface area contributed by atoms with E-state index in [1.165, 1.54) is 5.56 Å². The van der Waals surface area contributed by atoms with Gasteiger partial charge in [-0.05, 0) is 43.0 Å². The van der Waals surface area contributed by atoms with Crippen LogP contribution in [0.2, 0.25) is 0 Å². The summed E-state index contributed by atoms with van der Waals surface area (Å²) in [5.74, 6) is 1.52. The Bertz CT molecular complexity index is 354. The van der Waals surface area contributed by atoms with Crippen LogP contribution in [0.3, 0.4) is 0 Å². The molecule has 0 aliphatic heterocycles. The smallest absolute Gasteiger partial charge is 0.119 e. The van der Waals surface area contributed by atoms with Gasteiger partial charge in [-0.1, -0.05) is 26.0 Å². The molecule has 0 saturated heterocycles. The molecule has 0 aliphatic carbocycles. The summed E-state index contributed by atoms with van der Waals surface area (Å²) in [5, 5.41) is 3.58. The van der Waals surface area contributed by atoms with Crippen LogP contribution in [0.25, 0.3) is 0 Å². The van der Waals surface area contributed by atoms with Crippen molar-refractivity contribution in [1.82, 2.24) is 5.32 Å². The minimum Gasteiger partial charge on any atom is -0.497 e. The van der Waals surface area contributed by atoms with Crippen LogP contribution < -0.4 is 10.1 Å². The Morgan fingerprint density at radius 3 is 2.68 bits per heavy atom. The summed E-state index contributed by atoms with van der Waals surface area (Å²) in [4.78, 5) is 0. The maximum Gasteiger partial charge on any atom is 0.119 e. The molecule has 0 fully saturated rings. The first-order chi connectivity index (χ1) is 9.21. The largest absolute Gasteiger partial charge is 0.497 e. The van der Waals surface area contributed by atoms with Gasteiger partial charge in [-0.25, -0.2) is 0 Å². The number of ether oxygens (including phenoxy) is 2. The number of hydrogen-bond acceptors (Lipinski definition) is 3. The van der Waals surface area contributed by atoms with Crippen molar-refractivity contribution in [3.63, 3.8) is 0 Å². The minimum atomic E-state index is 0.479. The van der Waals surface area contributed by atoms with Crippen LogP contribution in [0.5, 0.6) is 5.75 Å². The van der Waals surface area contributed by atoms with Gasteiger partial charge in [0.15, 0.2) is 0 Å².